The topological polar surface area (TPSA) is 43.1 Å². The predicted octanol–water partition coefficient (Wildman–Crippen LogP) is 4.28. The normalized spacial score (nSPS) is 11.6. The van der Waals surface area contributed by atoms with Gasteiger partial charge >= 0.3 is 5.51 Å². The van der Waals surface area contributed by atoms with Crippen LogP contribution in [0.2, 0.25) is 0 Å². The second-order valence-corrected chi connectivity index (χ2v) is 4.78. The second kappa shape index (κ2) is 4.62. The number of rotatable bonds is 2. The maximum atomic E-state index is 12.2. The smallest absolute Gasteiger partial charge is 0.258 e. The van der Waals surface area contributed by atoms with Crippen LogP contribution in [-0.2, 0) is 0 Å². The summed E-state index contributed by atoms with van der Waals surface area (Å²) in [5.74, 6) is 0. The molecular weight excluding hydrogens is 311 g/mol. The molecule has 0 aliphatic rings. The second-order valence-electron chi connectivity index (χ2n) is 2.88. The summed E-state index contributed by atoms with van der Waals surface area (Å²) in [6, 6.07) is 2.11. The molecule has 0 saturated carbocycles. The van der Waals surface area contributed by atoms with Crippen molar-refractivity contribution >= 4 is 33.4 Å². The fourth-order valence-electron chi connectivity index (χ4n) is 1.02. The van der Waals surface area contributed by atoms with E-state index in [1.54, 1.807) is 0 Å². The highest BCUT2D eigenvalue weighted by atomic mass is 79.9. The first-order valence-electron chi connectivity index (χ1n) is 3.91. The molecule has 0 atom stereocenters. The summed E-state index contributed by atoms with van der Waals surface area (Å²) in [5.41, 5.74) is -4.43. The van der Waals surface area contributed by atoms with E-state index in [4.69, 9.17) is 0 Å². The fraction of sp³-hybridized carbons (Fsp3) is 0.250. The van der Waals surface area contributed by atoms with Crippen LogP contribution in [0.5, 0.6) is 0 Å². The fourth-order valence-corrected chi connectivity index (χ4v) is 2.17. The number of nitrogens with zero attached hydrogens (tertiary/aromatic N) is 1. The number of hydrogen-bond acceptors (Lipinski definition) is 3. The van der Waals surface area contributed by atoms with Crippen molar-refractivity contribution in [3.8, 4) is 0 Å². The molecule has 0 aliphatic heterocycles. The van der Waals surface area contributed by atoms with Crippen LogP contribution >= 0.6 is 27.7 Å². The molecule has 1 aromatic carbocycles. The van der Waals surface area contributed by atoms with E-state index in [0.717, 1.165) is 6.07 Å². The molecule has 8 heteroatoms. The van der Waals surface area contributed by atoms with Crippen molar-refractivity contribution in [2.45, 2.75) is 17.3 Å². The number of nitro benzene ring substituents is 1. The summed E-state index contributed by atoms with van der Waals surface area (Å²) < 4.78 is 36.7. The lowest BCUT2D eigenvalue weighted by atomic mass is 10.2. The van der Waals surface area contributed by atoms with Crippen LogP contribution in [0.25, 0.3) is 0 Å². The highest BCUT2D eigenvalue weighted by molar-refractivity contribution is 9.10. The Balaban J connectivity index is 3.22. The lowest BCUT2D eigenvalue weighted by Crippen LogP contribution is -2.00. The maximum absolute atomic E-state index is 12.2. The minimum Gasteiger partial charge on any atom is -0.258 e. The van der Waals surface area contributed by atoms with Gasteiger partial charge in [-0.1, -0.05) is 0 Å². The highest BCUT2D eigenvalue weighted by Gasteiger charge is 2.31. The minimum atomic E-state index is -4.47. The van der Waals surface area contributed by atoms with E-state index < -0.39 is 10.4 Å². The summed E-state index contributed by atoms with van der Waals surface area (Å²) in [6.07, 6.45) is 0. The first kappa shape index (κ1) is 13.3. The Labute approximate surface area is 101 Å². The number of thioether (sulfide) groups is 1. The molecule has 1 rings (SSSR count). The molecule has 0 N–H and O–H groups in total. The summed E-state index contributed by atoms with van der Waals surface area (Å²) in [4.78, 5) is 9.55. The van der Waals surface area contributed by atoms with Gasteiger partial charge in [0.25, 0.3) is 5.69 Å². The van der Waals surface area contributed by atoms with Crippen LogP contribution in [0.1, 0.15) is 5.56 Å². The van der Waals surface area contributed by atoms with Gasteiger partial charge in [0.2, 0.25) is 0 Å². The molecule has 0 bridgehead atoms. The number of non-ortho nitro benzene ring substituents is 1. The van der Waals surface area contributed by atoms with Crippen LogP contribution in [0.15, 0.2) is 21.5 Å². The standard InChI is InChI=1S/C8H5BrF3NO2S/c1-4-2-5(13(14)15)3-6(7(4)9)16-8(10,11)12/h2-3H,1H3. The molecule has 16 heavy (non-hydrogen) atoms. The first-order chi connectivity index (χ1) is 7.20. The first-order valence-corrected chi connectivity index (χ1v) is 5.52. The van der Waals surface area contributed by atoms with Gasteiger partial charge in [-0.3, -0.25) is 10.1 Å². The molecule has 0 heterocycles. The van der Waals surface area contributed by atoms with E-state index >= 15 is 0 Å². The van der Waals surface area contributed by atoms with E-state index in [0.29, 0.717) is 5.56 Å². The summed E-state index contributed by atoms with van der Waals surface area (Å²) in [7, 11) is 0. The molecule has 0 aromatic heterocycles. The van der Waals surface area contributed by atoms with Gasteiger partial charge in [0.05, 0.1) is 4.92 Å². The van der Waals surface area contributed by atoms with E-state index in [1.165, 1.54) is 13.0 Å². The molecule has 3 nitrogen and oxygen atoms in total. The van der Waals surface area contributed by atoms with Gasteiger partial charge in [0.15, 0.2) is 0 Å². The summed E-state index contributed by atoms with van der Waals surface area (Å²) >= 11 is 2.59. The van der Waals surface area contributed by atoms with Crippen molar-refractivity contribution in [1.82, 2.24) is 0 Å². The van der Waals surface area contributed by atoms with Crippen LogP contribution in [0, 0.1) is 17.0 Å². The average molecular weight is 316 g/mol. The van der Waals surface area contributed by atoms with Crippen molar-refractivity contribution in [2.75, 3.05) is 0 Å². The third-order valence-electron chi connectivity index (χ3n) is 1.64. The molecule has 0 unspecified atom stereocenters. The van der Waals surface area contributed by atoms with Gasteiger partial charge in [0, 0.05) is 21.5 Å². The molecule has 0 radical (unpaired) electrons. The van der Waals surface area contributed by atoms with Crippen molar-refractivity contribution in [2.24, 2.45) is 0 Å². The van der Waals surface area contributed by atoms with Crippen molar-refractivity contribution in [1.29, 1.82) is 0 Å². The Morgan fingerprint density at radius 2 is 2.00 bits per heavy atom. The van der Waals surface area contributed by atoms with Crippen molar-refractivity contribution in [3.05, 3.63) is 32.3 Å². The Kier molecular flexibility index (Phi) is 3.84. The van der Waals surface area contributed by atoms with E-state index in [-0.39, 0.29) is 26.8 Å². The van der Waals surface area contributed by atoms with Gasteiger partial charge < -0.3 is 0 Å². The number of alkyl halides is 3. The molecule has 0 aliphatic carbocycles. The van der Waals surface area contributed by atoms with Gasteiger partial charge in [-0.15, -0.1) is 0 Å². The van der Waals surface area contributed by atoms with Crippen LogP contribution < -0.4 is 0 Å². The SMILES string of the molecule is Cc1cc([N+](=O)[O-])cc(SC(F)(F)F)c1Br. The third-order valence-corrected chi connectivity index (χ3v) is 3.73. The average Bonchev–Trinajstić information content (AvgIpc) is 2.10. The monoisotopic (exact) mass is 315 g/mol. The quantitative estimate of drug-likeness (QED) is 0.465. The van der Waals surface area contributed by atoms with E-state index in [9.17, 15) is 23.3 Å². The van der Waals surface area contributed by atoms with Gasteiger partial charge in [-0.05, 0) is 40.2 Å². The zero-order valence-electron chi connectivity index (χ0n) is 7.84. The molecule has 0 saturated heterocycles. The Bertz CT molecular complexity index is 436. The number of benzene rings is 1. The minimum absolute atomic E-state index is 0.209. The van der Waals surface area contributed by atoms with Gasteiger partial charge in [-0.2, -0.15) is 13.2 Å². The zero-order valence-corrected chi connectivity index (χ0v) is 10.2. The van der Waals surface area contributed by atoms with Crippen LogP contribution in [0.4, 0.5) is 18.9 Å². The summed E-state index contributed by atoms with van der Waals surface area (Å²) in [6.45, 7) is 1.50. The molecule has 1 aromatic rings. The lowest BCUT2D eigenvalue weighted by molar-refractivity contribution is -0.385. The number of aryl methyl sites for hydroxylation is 1. The van der Waals surface area contributed by atoms with E-state index in [2.05, 4.69) is 15.9 Å². The van der Waals surface area contributed by atoms with E-state index in [1.807, 2.05) is 0 Å². The molecule has 88 valence electrons. The van der Waals surface area contributed by atoms with Crippen molar-refractivity contribution < 1.29 is 18.1 Å². The van der Waals surface area contributed by atoms with Gasteiger partial charge in [0.1, 0.15) is 0 Å². The van der Waals surface area contributed by atoms with Gasteiger partial charge in [-0.25, -0.2) is 0 Å². The highest BCUT2D eigenvalue weighted by Crippen LogP contribution is 2.42. The Morgan fingerprint density at radius 3 is 2.44 bits per heavy atom. The largest absolute Gasteiger partial charge is 0.446 e. The number of nitro groups is 1. The third kappa shape index (κ3) is 3.38. The Morgan fingerprint density at radius 1 is 1.44 bits per heavy atom. The molecule has 0 fully saturated rings. The zero-order chi connectivity index (χ0) is 12.5. The maximum Gasteiger partial charge on any atom is 0.446 e. The number of halogens is 4. The van der Waals surface area contributed by atoms with Crippen molar-refractivity contribution in [3.63, 3.8) is 0 Å². The van der Waals surface area contributed by atoms with Crippen LogP contribution in [0.3, 0.4) is 0 Å². The lowest BCUT2D eigenvalue weighted by Gasteiger charge is -2.09. The Hall–Kier alpha value is -0.760. The molecule has 0 spiro atoms. The molecular formula is C8H5BrF3NO2S. The predicted molar refractivity (Wildman–Crippen MR) is 57.4 cm³/mol. The van der Waals surface area contributed by atoms with Crippen LogP contribution in [-0.4, -0.2) is 10.4 Å². The number of hydrogen-bond donors (Lipinski definition) is 0. The summed E-state index contributed by atoms with van der Waals surface area (Å²) in [5, 5.41) is 10.5. The molecule has 0 amide bonds.